The smallest absolute Gasteiger partial charge is 0.332 e. The van der Waals surface area contributed by atoms with Gasteiger partial charge in [-0.25, -0.2) is 9.78 Å². The van der Waals surface area contributed by atoms with Gasteiger partial charge in [0.25, 0.3) is 11.5 Å². The molecule has 2 N–H and O–H groups in total. The van der Waals surface area contributed by atoms with Crippen molar-refractivity contribution < 1.29 is 4.79 Å². The average molecular weight is 343 g/mol. The van der Waals surface area contributed by atoms with Crippen LogP contribution < -0.4 is 21.9 Å². The van der Waals surface area contributed by atoms with Gasteiger partial charge in [-0.15, -0.1) is 0 Å². The Kier molecular flexibility index (Phi) is 3.72. The molecule has 0 saturated carbocycles. The summed E-state index contributed by atoms with van der Waals surface area (Å²) in [6, 6.07) is 2.64. The minimum absolute atomic E-state index is 0.143. The molecule has 8 heteroatoms. The summed E-state index contributed by atoms with van der Waals surface area (Å²) < 4.78 is 2.33. The summed E-state index contributed by atoms with van der Waals surface area (Å²) in [5, 5.41) is 6.87. The minimum atomic E-state index is -0.444. The first-order valence-corrected chi connectivity index (χ1v) is 8.56. The summed E-state index contributed by atoms with van der Waals surface area (Å²) in [4.78, 5) is 41.0. The SMILES string of the molecule is Cn1c(=O)c2cc(C(=O)NC3CC4CCC(C3)N4)cnc2n(C)c1=O. The van der Waals surface area contributed by atoms with Crippen LogP contribution in [0, 0.1) is 0 Å². The normalized spacial score (nSPS) is 25.3. The molecule has 0 spiro atoms. The average Bonchev–Trinajstić information content (AvgIpc) is 2.96. The second-order valence-corrected chi connectivity index (χ2v) is 7.08. The van der Waals surface area contributed by atoms with Crippen molar-refractivity contribution in [2.75, 3.05) is 0 Å². The van der Waals surface area contributed by atoms with Gasteiger partial charge in [-0.3, -0.25) is 18.7 Å². The molecule has 2 bridgehead atoms. The van der Waals surface area contributed by atoms with E-state index in [2.05, 4.69) is 15.6 Å². The number of carbonyl (C=O) groups excluding carboxylic acids is 1. The zero-order chi connectivity index (χ0) is 17.7. The van der Waals surface area contributed by atoms with E-state index >= 15 is 0 Å². The van der Waals surface area contributed by atoms with Gasteiger partial charge in [0.2, 0.25) is 0 Å². The number of rotatable bonds is 2. The van der Waals surface area contributed by atoms with Crippen molar-refractivity contribution in [2.45, 2.75) is 43.8 Å². The third-order valence-corrected chi connectivity index (χ3v) is 5.36. The number of amides is 1. The molecule has 25 heavy (non-hydrogen) atoms. The zero-order valence-electron chi connectivity index (χ0n) is 14.3. The maximum absolute atomic E-state index is 12.6. The molecule has 2 fully saturated rings. The number of hydrogen-bond acceptors (Lipinski definition) is 5. The molecular weight excluding hydrogens is 322 g/mol. The van der Waals surface area contributed by atoms with Crippen LogP contribution in [0.1, 0.15) is 36.0 Å². The van der Waals surface area contributed by atoms with Crippen molar-refractivity contribution in [1.29, 1.82) is 0 Å². The molecule has 132 valence electrons. The summed E-state index contributed by atoms with van der Waals surface area (Å²) >= 11 is 0. The molecule has 2 atom stereocenters. The Morgan fingerprint density at radius 1 is 1.20 bits per heavy atom. The number of fused-ring (bicyclic) bond motifs is 3. The summed E-state index contributed by atoms with van der Waals surface area (Å²) in [7, 11) is 2.98. The summed E-state index contributed by atoms with van der Waals surface area (Å²) in [6.45, 7) is 0. The molecule has 0 aromatic carbocycles. The van der Waals surface area contributed by atoms with Crippen molar-refractivity contribution in [3.8, 4) is 0 Å². The van der Waals surface area contributed by atoms with E-state index in [9.17, 15) is 14.4 Å². The third kappa shape index (κ3) is 2.66. The molecule has 8 nitrogen and oxygen atoms in total. The fraction of sp³-hybridized carbons (Fsp3) is 0.529. The number of carbonyl (C=O) groups is 1. The summed E-state index contributed by atoms with van der Waals surface area (Å²) in [5.74, 6) is -0.225. The van der Waals surface area contributed by atoms with Crippen molar-refractivity contribution >= 4 is 16.9 Å². The maximum Gasteiger partial charge on any atom is 0.332 e. The lowest BCUT2D eigenvalue weighted by atomic mass is 9.99. The first-order chi connectivity index (χ1) is 11.9. The highest BCUT2D eigenvalue weighted by Crippen LogP contribution is 2.26. The molecule has 4 heterocycles. The minimum Gasteiger partial charge on any atom is -0.349 e. The first-order valence-electron chi connectivity index (χ1n) is 8.56. The Labute approximate surface area is 143 Å². The highest BCUT2D eigenvalue weighted by atomic mass is 16.2. The van der Waals surface area contributed by atoms with Crippen molar-refractivity contribution in [3.63, 3.8) is 0 Å². The standard InChI is InChI=1S/C17H21N5O3/c1-21-14-13(16(24)22(2)17(21)25)5-9(8-18-14)15(23)20-12-6-10-3-4-11(7-12)19-10/h5,8,10-12,19H,3-4,6-7H2,1-2H3,(H,20,23). The Balaban J connectivity index is 1.64. The van der Waals surface area contributed by atoms with Crippen LogP contribution in [-0.4, -0.2) is 38.2 Å². The summed E-state index contributed by atoms with van der Waals surface area (Å²) in [6.07, 6.45) is 5.61. The molecule has 0 aliphatic carbocycles. The lowest BCUT2D eigenvalue weighted by Gasteiger charge is -2.29. The Bertz CT molecular complexity index is 965. The van der Waals surface area contributed by atoms with Crippen LogP contribution in [0.15, 0.2) is 21.9 Å². The Hall–Kier alpha value is -2.48. The van der Waals surface area contributed by atoms with E-state index in [1.54, 1.807) is 7.05 Å². The number of nitrogens with zero attached hydrogens (tertiary/aromatic N) is 3. The molecule has 2 aromatic heterocycles. The second-order valence-electron chi connectivity index (χ2n) is 7.08. The topological polar surface area (TPSA) is 98.0 Å². The lowest BCUT2D eigenvalue weighted by molar-refractivity contribution is 0.0924. The van der Waals surface area contributed by atoms with Crippen molar-refractivity contribution in [3.05, 3.63) is 38.7 Å². The van der Waals surface area contributed by atoms with Gasteiger partial charge >= 0.3 is 5.69 Å². The highest BCUT2D eigenvalue weighted by Gasteiger charge is 2.34. The molecule has 2 unspecified atom stereocenters. The van der Waals surface area contributed by atoms with E-state index < -0.39 is 11.2 Å². The molecule has 2 aliphatic rings. The fourth-order valence-corrected chi connectivity index (χ4v) is 4.03. The predicted octanol–water partition coefficient (Wildman–Crippen LogP) is -0.355. The van der Waals surface area contributed by atoms with Crippen LogP contribution in [0.3, 0.4) is 0 Å². The van der Waals surface area contributed by atoms with E-state index in [0.717, 1.165) is 17.4 Å². The van der Waals surface area contributed by atoms with Gasteiger partial charge < -0.3 is 10.6 Å². The fourth-order valence-electron chi connectivity index (χ4n) is 4.03. The van der Waals surface area contributed by atoms with Gasteiger partial charge in [-0.2, -0.15) is 0 Å². The van der Waals surface area contributed by atoms with Gasteiger partial charge in [-0.1, -0.05) is 0 Å². The Morgan fingerprint density at radius 2 is 1.88 bits per heavy atom. The number of pyridine rings is 1. The van der Waals surface area contributed by atoms with E-state index in [-0.39, 0.29) is 23.0 Å². The van der Waals surface area contributed by atoms with E-state index in [4.69, 9.17) is 0 Å². The van der Waals surface area contributed by atoms with E-state index in [1.807, 2.05) is 0 Å². The molecular formula is C17H21N5O3. The van der Waals surface area contributed by atoms with Crippen LogP contribution in [-0.2, 0) is 14.1 Å². The van der Waals surface area contributed by atoms with E-state index in [0.29, 0.717) is 17.6 Å². The maximum atomic E-state index is 12.6. The predicted molar refractivity (Wildman–Crippen MR) is 92.7 cm³/mol. The van der Waals surface area contributed by atoms with Crippen LogP contribution in [0.2, 0.25) is 0 Å². The van der Waals surface area contributed by atoms with Crippen LogP contribution in [0.25, 0.3) is 11.0 Å². The number of aryl methyl sites for hydroxylation is 1. The van der Waals surface area contributed by atoms with Crippen LogP contribution >= 0.6 is 0 Å². The molecule has 2 aromatic rings. The van der Waals surface area contributed by atoms with Gasteiger partial charge in [0.1, 0.15) is 5.65 Å². The highest BCUT2D eigenvalue weighted by molar-refractivity contribution is 5.96. The molecule has 1 amide bonds. The number of piperidine rings is 1. The van der Waals surface area contributed by atoms with Gasteiger partial charge in [-0.05, 0) is 31.7 Å². The number of aromatic nitrogens is 3. The van der Waals surface area contributed by atoms with E-state index in [1.165, 1.54) is 36.7 Å². The monoisotopic (exact) mass is 343 g/mol. The Morgan fingerprint density at radius 3 is 2.56 bits per heavy atom. The molecule has 4 rings (SSSR count). The molecule has 0 radical (unpaired) electrons. The third-order valence-electron chi connectivity index (χ3n) is 5.36. The van der Waals surface area contributed by atoms with Crippen LogP contribution in [0.4, 0.5) is 0 Å². The number of nitrogens with one attached hydrogen (secondary N) is 2. The number of hydrogen-bond donors (Lipinski definition) is 2. The zero-order valence-corrected chi connectivity index (χ0v) is 14.3. The van der Waals surface area contributed by atoms with Crippen molar-refractivity contribution in [2.24, 2.45) is 14.1 Å². The molecule has 2 saturated heterocycles. The lowest BCUT2D eigenvalue weighted by Crippen LogP contribution is -2.48. The van der Waals surface area contributed by atoms with Crippen molar-refractivity contribution in [1.82, 2.24) is 24.8 Å². The molecule has 2 aliphatic heterocycles. The van der Waals surface area contributed by atoms with Gasteiger partial charge in [0.05, 0.1) is 10.9 Å². The quantitative estimate of drug-likeness (QED) is 0.776. The first kappa shape index (κ1) is 16.0. The van der Waals surface area contributed by atoms with Crippen LogP contribution in [0.5, 0.6) is 0 Å². The largest absolute Gasteiger partial charge is 0.349 e. The summed E-state index contributed by atoms with van der Waals surface area (Å²) in [5.41, 5.74) is -0.258. The van der Waals surface area contributed by atoms with Gasteiger partial charge in [0.15, 0.2) is 0 Å². The van der Waals surface area contributed by atoms with Gasteiger partial charge in [0, 0.05) is 38.4 Å². The second kappa shape index (κ2) is 5.80.